The number of ether oxygens (including phenoxy) is 2. The third kappa shape index (κ3) is 8.39. The lowest BCUT2D eigenvalue weighted by Crippen LogP contribution is -1.97. The maximum absolute atomic E-state index is 6.19. The summed E-state index contributed by atoms with van der Waals surface area (Å²) in [5, 5.41) is 2.13. The van der Waals surface area contributed by atoms with Crippen LogP contribution in [-0.2, 0) is 0 Å². The first-order chi connectivity index (χ1) is 22.7. The van der Waals surface area contributed by atoms with Gasteiger partial charge in [-0.2, -0.15) is 0 Å². The number of hydrogen-bond donors (Lipinski definition) is 0. The fourth-order valence-electron chi connectivity index (χ4n) is 5.32. The summed E-state index contributed by atoms with van der Waals surface area (Å²) >= 11 is 6.96. The molecule has 0 amide bonds. The fourth-order valence-corrected chi connectivity index (χ4v) is 6.12. The Labute approximate surface area is 286 Å². The molecule has 4 aromatic carbocycles. The van der Waals surface area contributed by atoms with Crippen LogP contribution in [-0.4, -0.2) is 33.8 Å². The lowest BCUT2D eigenvalue weighted by Gasteiger charge is -2.06. The number of aromatic nitrogens is 2. The van der Waals surface area contributed by atoms with Gasteiger partial charge in [0.25, 0.3) is 0 Å². The molecule has 0 N–H and O–H groups in total. The summed E-state index contributed by atoms with van der Waals surface area (Å²) in [6, 6.07) is 28.1. The molecule has 0 bridgehead atoms. The quantitative estimate of drug-likeness (QED) is 0.0684. The van der Waals surface area contributed by atoms with Crippen LogP contribution >= 0.6 is 31.9 Å². The number of halogens is 2. The van der Waals surface area contributed by atoms with Gasteiger partial charge in [0.1, 0.15) is 22.5 Å². The molecule has 6 nitrogen and oxygen atoms in total. The van der Waals surface area contributed by atoms with Crippen molar-refractivity contribution in [1.82, 2.24) is 9.97 Å². The monoisotopic (exact) mass is 744 g/mol. The predicted molar refractivity (Wildman–Crippen MR) is 193 cm³/mol. The van der Waals surface area contributed by atoms with Crippen LogP contribution in [0.15, 0.2) is 93.8 Å². The first-order valence-electron chi connectivity index (χ1n) is 16.1. The summed E-state index contributed by atoms with van der Waals surface area (Å²) in [7, 11) is 0. The number of hydrogen-bond acceptors (Lipinski definition) is 6. The van der Waals surface area contributed by atoms with E-state index in [2.05, 4.69) is 44.0 Å². The van der Waals surface area contributed by atoms with Gasteiger partial charge in [0, 0.05) is 21.8 Å². The standard InChI is InChI=1S/C38H38Br2N2O4/c39-21-5-1-3-7-23-43-31-15-9-27(10-16-31)37-41-33-19-13-29(25-35(33)45-37)30-14-20-34-36(26-30)46-38(42-34)28-11-17-32(18-12-28)44-24-8-4-2-6-22-40/h9-20,25-26H,1-8,21-24H2. The van der Waals surface area contributed by atoms with E-state index in [1.54, 1.807) is 0 Å². The van der Waals surface area contributed by atoms with Crippen molar-refractivity contribution in [2.45, 2.75) is 51.4 Å². The van der Waals surface area contributed by atoms with Gasteiger partial charge < -0.3 is 18.3 Å². The summed E-state index contributed by atoms with van der Waals surface area (Å²) in [6.45, 7) is 1.46. The van der Waals surface area contributed by atoms with E-state index in [9.17, 15) is 0 Å². The zero-order valence-electron chi connectivity index (χ0n) is 25.9. The second kappa shape index (κ2) is 16.3. The van der Waals surface area contributed by atoms with Gasteiger partial charge in [-0.15, -0.1) is 0 Å². The van der Waals surface area contributed by atoms with E-state index in [1.807, 2.05) is 72.8 Å². The van der Waals surface area contributed by atoms with Crippen LogP contribution < -0.4 is 9.47 Å². The van der Waals surface area contributed by atoms with E-state index in [0.29, 0.717) is 11.8 Å². The molecule has 0 saturated carbocycles. The molecule has 0 spiro atoms. The van der Waals surface area contributed by atoms with Crippen molar-refractivity contribution < 1.29 is 18.3 Å². The van der Waals surface area contributed by atoms with Crippen LogP contribution in [0.1, 0.15) is 51.4 Å². The number of alkyl halides is 2. The van der Waals surface area contributed by atoms with Crippen molar-refractivity contribution in [3.63, 3.8) is 0 Å². The van der Waals surface area contributed by atoms with Gasteiger partial charge >= 0.3 is 0 Å². The van der Waals surface area contributed by atoms with Crippen LogP contribution in [0, 0.1) is 0 Å². The topological polar surface area (TPSA) is 70.5 Å². The van der Waals surface area contributed by atoms with Crippen LogP contribution in [0.4, 0.5) is 0 Å². The highest BCUT2D eigenvalue weighted by Crippen LogP contribution is 2.32. The van der Waals surface area contributed by atoms with Gasteiger partial charge in [0.2, 0.25) is 11.8 Å². The van der Waals surface area contributed by atoms with Crippen LogP contribution in [0.5, 0.6) is 11.5 Å². The average Bonchev–Trinajstić information content (AvgIpc) is 3.72. The van der Waals surface area contributed by atoms with Crippen molar-refractivity contribution in [2.24, 2.45) is 0 Å². The fraction of sp³-hybridized carbons (Fsp3) is 0.316. The molecule has 6 aromatic rings. The normalized spacial score (nSPS) is 11.4. The summed E-state index contributed by atoms with van der Waals surface area (Å²) in [4.78, 5) is 9.45. The minimum absolute atomic E-state index is 0.588. The summed E-state index contributed by atoms with van der Waals surface area (Å²) in [6.07, 6.45) is 9.38. The number of rotatable bonds is 17. The van der Waals surface area contributed by atoms with E-state index >= 15 is 0 Å². The largest absolute Gasteiger partial charge is 0.494 e. The van der Waals surface area contributed by atoms with Crippen LogP contribution in [0.3, 0.4) is 0 Å². The predicted octanol–water partition coefficient (Wildman–Crippen LogP) is 11.6. The van der Waals surface area contributed by atoms with E-state index < -0.39 is 0 Å². The maximum atomic E-state index is 6.19. The first-order valence-corrected chi connectivity index (χ1v) is 18.3. The van der Waals surface area contributed by atoms with E-state index in [1.165, 1.54) is 38.5 Å². The molecule has 0 unspecified atom stereocenters. The molecular formula is C38H38Br2N2O4. The molecule has 238 valence electrons. The minimum atomic E-state index is 0.588. The van der Waals surface area contributed by atoms with E-state index in [0.717, 1.165) is 92.7 Å². The van der Waals surface area contributed by atoms with Crippen LogP contribution in [0.2, 0.25) is 0 Å². The Balaban J connectivity index is 1.09. The van der Waals surface area contributed by atoms with Crippen molar-refractivity contribution >= 4 is 54.1 Å². The second-order valence-corrected chi connectivity index (χ2v) is 12.9. The zero-order chi connectivity index (χ0) is 31.6. The molecule has 0 saturated heterocycles. The Hall–Kier alpha value is -3.62. The van der Waals surface area contributed by atoms with E-state index in [4.69, 9.17) is 28.3 Å². The smallest absolute Gasteiger partial charge is 0.227 e. The lowest BCUT2D eigenvalue weighted by molar-refractivity contribution is 0.305. The molecule has 0 fully saturated rings. The Morgan fingerprint density at radius 3 is 1.26 bits per heavy atom. The SMILES string of the molecule is BrCCCCCCOc1ccc(-c2nc3ccc(-c4ccc5nc(-c6ccc(OCCCCCCBr)cc6)oc5c4)cc3o2)cc1. The number of oxazole rings is 2. The summed E-state index contributed by atoms with van der Waals surface area (Å²) in [5.41, 5.74) is 6.96. The minimum Gasteiger partial charge on any atom is -0.494 e. The van der Waals surface area contributed by atoms with Gasteiger partial charge in [-0.3, -0.25) is 0 Å². The van der Waals surface area contributed by atoms with Crippen LogP contribution in [0.25, 0.3) is 56.2 Å². The van der Waals surface area contributed by atoms with Crippen molar-refractivity contribution in [3.8, 4) is 45.5 Å². The maximum Gasteiger partial charge on any atom is 0.227 e. The average molecular weight is 747 g/mol. The molecule has 8 heteroatoms. The number of benzene rings is 4. The van der Waals surface area contributed by atoms with Gasteiger partial charge in [-0.1, -0.05) is 69.7 Å². The third-order valence-electron chi connectivity index (χ3n) is 7.91. The molecule has 0 aliphatic heterocycles. The van der Waals surface area contributed by atoms with Gasteiger partial charge in [0.15, 0.2) is 11.2 Å². The molecule has 6 rings (SSSR count). The number of nitrogens with zero attached hydrogens (tertiary/aromatic N) is 2. The third-order valence-corrected chi connectivity index (χ3v) is 9.03. The van der Waals surface area contributed by atoms with Gasteiger partial charge in [-0.25, -0.2) is 9.97 Å². The van der Waals surface area contributed by atoms with Gasteiger partial charge in [0.05, 0.1) is 13.2 Å². The van der Waals surface area contributed by atoms with Crippen molar-refractivity contribution in [3.05, 3.63) is 84.9 Å². The molecular weight excluding hydrogens is 708 g/mol. The molecule has 0 aliphatic carbocycles. The molecule has 2 heterocycles. The molecule has 46 heavy (non-hydrogen) atoms. The Morgan fingerprint density at radius 1 is 0.457 bits per heavy atom. The summed E-state index contributed by atoms with van der Waals surface area (Å²) < 4.78 is 24.2. The van der Waals surface area contributed by atoms with Crippen molar-refractivity contribution in [1.29, 1.82) is 0 Å². The van der Waals surface area contributed by atoms with E-state index in [-0.39, 0.29) is 0 Å². The molecule has 0 aliphatic rings. The Bertz CT molecular complexity index is 1690. The first kappa shape index (κ1) is 32.3. The molecule has 0 atom stereocenters. The Morgan fingerprint density at radius 2 is 0.848 bits per heavy atom. The summed E-state index contributed by atoms with van der Waals surface area (Å²) in [5.74, 6) is 2.90. The number of fused-ring (bicyclic) bond motifs is 2. The van der Waals surface area contributed by atoms with Gasteiger partial charge in [-0.05, 0) is 110 Å². The zero-order valence-corrected chi connectivity index (χ0v) is 29.0. The second-order valence-electron chi connectivity index (χ2n) is 11.4. The highest BCUT2D eigenvalue weighted by atomic mass is 79.9. The van der Waals surface area contributed by atoms with Crippen molar-refractivity contribution in [2.75, 3.05) is 23.9 Å². The molecule has 0 radical (unpaired) electrons. The number of unbranched alkanes of at least 4 members (excludes halogenated alkanes) is 6. The lowest BCUT2D eigenvalue weighted by atomic mass is 10.1. The highest BCUT2D eigenvalue weighted by molar-refractivity contribution is 9.09. The highest BCUT2D eigenvalue weighted by Gasteiger charge is 2.13. The molecule has 2 aromatic heterocycles. The Kier molecular flexibility index (Phi) is 11.4.